The van der Waals surface area contributed by atoms with Crippen molar-refractivity contribution in [2.75, 3.05) is 26.2 Å². The number of hydrogen-bond donors (Lipinski definition) is 0. The standard InChI is InChI=1S/C24H24N4O5S/c1-17-23(18(2)33-26-17)34(30,31)28-12-10-27(11-13-28)24(29)19-8-5-9-22(14-19)32-16-21-7-4-3-6-20(21)15-25/h3-9,14H,10-13,16H2,1-2H3. The molecule has 0 saturated carbocycles. The lowest BCUT2D eigenvalue weighted by Gasteiger charge is -2.34. The second-order valence-electron chi connectivity index (χ2n) is 7.94. The van der Waals surface area contributed by atoms with E-state index in [1.807, 2.05) is 12.1 Å². The first kappa shape index (κ1) is 23.5. The Bertz CT molecular complexity index is 1330. The Morgan fingerprint density at radius 3 is 2.53 bits per heavy atom. The number of ether oxygens (including phenoxy) is 1. The summed E-state index contributed by atoms with van der Waals surface area (Å²) in [6, 6.07) is 16.2. The van der Waals surface area contributed by atoms with Gasteiger partial charge in [0.25, 0.3) is 5.91 Å². The lowest BCUT2D eigenvalue weighted by atomic mass is 10.1. The summed E-state index contributed by atoms with van der Waals surface area (Å²) in [4.78, 5) is 14.8. The van der Waals surface area contributed by atoms with Crippen LogP contribution in [0.5, 0.6) is 5.75 Å². The van der Waals surface area contributed by atoms with Crippen LogP contribution in [0.25, 0.3) is 0 Å². The van der Waals surface area contributed by atoms with Crippen LogP contribution in [0.15, 0.2) is 57.9 Å². The summed E-state index contributed by atoms with van der Waals surface area (Å²) in [6.45, 7) is 4.26. The van der Waals surface area contributed by atoms with E-state index in [1.165, 1.54) is 4.31 Å². The first-order chi connectivity index (χ1) is 16.3. The van der Waals surface area contributed by atoms with Gasteiger partial charge in [0.2, 0.25) is 10.0 Å². The number of carbonyl (C=O) groups excluding carboxylic acids is 1. The van der Waals surface area contributed by atoms with Crippen molar-refractivity contribution in [3.05, 3.63) is 76.7 Å². The minimum atomic E-state index is -3.74. The van der Waals surface area contributed by atoms with Crippen molar-refractivity contribution in [2.24, 2.45) is 0 Å². The van der Waals surface area contributed by atoms with Crippen LogP contribution in [0.2, 0.25) is 0 Å². The average molecular weight is 481 g/mol. The minimum Gasteiger partial charge on any atom is -0.489 e. The van der Waals surface area contributed by atoms with Gasteiger partial charge < -0.3 is 14.2 Å². The lowest BCUT2D eigenvalue weighted by molar-refractivity contribution is 0.0697. The smallest absolute Gasteiger partial charge is 0.254 e. The fourth-order valence-corrected chi connectivity index (χ4v) is 5.63. The van der Waals surface area contributed by atoms with Crippen LogP contribution in [0.3, 0.4) is 0 Å². The van der Waals surface area contributed by atoms with Crippen LogP contribution in [0.1, 0.15) is 32.9 Å². The lowest BCUT2D eigenvalue weighted by Crippen LogP contribution is -2.50. The molecule has 4 rings (SSSR count). The Hall–Kier alpha value is -3.68. The molecule has 0 spiro atoms. The third-order valence-electron chi connectivity index (χ3n) is 5.70. The highest BCUT2D eigenvalue weighted by molar-refractivity contribution is 7.89. The van der Waals surface area contributed by atoms with Gasteiger partial charge in [-0.05, 0) is 38.1 Å². The predicted octanol–water partition coefficient (Wildman–Crippen LogP) is 2.89. The second-order valence-corrected chi connectivity index (χ2v) is 9.81. The molecule has 1 fully saturated rings. The molecular weight excluding hydrogens is 456 g/mol. The van der Waals surface area contributed by atoms with E-state index in [-0.39, 0.29) is 49.3 Å². The van der Waals surface area contributed by atoms with Gasteiger partial charge >= 0.3 is 0 Å². The van der Waals surface area contributed by atoms with E-state index in [4.69, 9.17) is 9.26 Å². The summed E-state index contributed by atoms with van der Waals surface area (Å²) in [7, 11) is -3.74. The zero-order chi connectivity index (χ0) is 24.3. The first-order valence-corrected chi connectivity index (χ1v) is 12.2. The van der Waals surface area contributed by atoms with E-state index in [0.717, 1.165) is 5.56 Å². The number of nitriles is 1. The molecule has 0 N–H and O–H groups in total. The number of amides is 1. The summed E-state index contributed by atoms with van der Waals surface area (Å²) in [5, 5.41) is 13.0. The number of carbonyl (C=O) groups is 1. The van der Waals surface area contributed by atoms with E-state index in [1.54, 1.807) is 55.1 Å². The summed E-state index contributed by atoms with van der Waals surface area (Å²) in [6.07, 6.45) is 0. The third kappa shape index (κ3) is 4.66. The van der Waals surface area contributed by atoms with Gasteiger partial charge in [-0.2, -0.15) is 9.57 Å². The van der Waals surface area contributed by atoms with Crippen molar-refractivity contribution < 1.29 is 22.5 Å². The van der Waals surface area contributed by atoms with Gasteiger partial charge in [0.15, 0.2) is 5.76 Å². The maximum Gasteiger partial charge on any atom is 0.254 e. The van der Waals surface area contributed by atoms with Crippen LogP contribution in [-0.4, -0.2) is 54.9 Å². The number of nitrogens with zero attached hydrogens (tertiary/aromatic N) is 4. The number of aromatic nitrogens is 1. The molecule has 2 heterocycles. The summed E-state index contributed by atoms with van der Waals surface area (Å²) < 4.78 is 38.2. The predicted molar refractivity (Wildman–Crippen MR) is 123 cm³/mol. The number of rotatable bonds is 6. The van der Waals surface area contributed by atoms with Crippen LogP contribution in [0, 0.1) is 25.2 Å². The fraction of sp³-hybridized carbons (Fsp3) is 0.292. The summed E-state index contributed by atoms with van der Waals surface area (Å²) in [5.41, 5.74) is 2.08. The number of aryl methyl sites for hydroxylation is 2. The van der Waals surface area contributed by atoms with E-state index in [0.29, 0.717) is 22.6 Å². The first-order valence-electron chi connectivity index (χ1n) is 10.7. The largest absolute Gasteiger partial charge is 0.489 e. The van der Waals surface area contributed by atoms with Crippen molar-refractivity contribution >= 4 is 15.9 Å². The molecule has 0 unspecified atom stereocenters. The molecule has 0 radical (unpaired) electrons. The van der Waals surface area contributed by atoms with Gasteiger partial charge in [-0.25, -0.2) is 8.42 Å². The highest BCUT2D eigenvalue weighted by atomic mass is 32.2. The quantitative estimate of drug-likeness (QED) is 0.532. The Kier molecular flexibility index (Phi) is 6.68. The van der Waals surface area contributed by atoms with E-state index >= 15 is 0 Å². The van der Waals surface area contributed by atoms with Crippen LogP contribution in [0.4, 0.5) is 0 Å². The van der Waals surface area contributed by atoms with Crippen LogP contribution in [-0.2, 0) is 16.6 Å². The normalized spacial score (nSPS) is 14.6. The molecule has 9 nitrogen and oxygen atoms in total. The molecule has 1 amide bonds. The van der Waals surface area contributed by atoms with Crippen molar-refractivity contribution in [1.29, 1.82) is 5.26 Å². The second kappa shape index (κ2) is 9.67. The average Bonchev–Trinajstić information content (AvgIpc) is 3.21. The minimum absolute atomic E-state index is 0.0927. The van der Waals surface area contributed by atoms with Crippen LogP contribution >= 0.6 is 0 Å². The van der Waals surface area contributed by atoms with Gasteiger partial charge in [-0.1, -0.05) is 29.4 Å². The van der Waals surface area contributed by atoms with E-state index in [9.17, 15) is 18.5 Å². The van der Waals surface area contributed by atoms with Gasteiger partial charge in [-0.15, -0.1) is 0 Å². The van der Waals surface area contributed by atoms with Gasteiger partial charge in [0.1, 0.15) is 22.9 Å². The summed E-state index contributed by atoms with van der Waals surface area (Å²) in [5.74, 6) is 0.570. The molecule has 34 heavy (non-hydrogen) atoms. The van der Waals surface area contributed by atoms with Crippen molar-refractivity contribution in [3.8, 4) is 11.8 Å². The highest BCUT2D eigenvalue weighted by Crippen LogP contribution is 2.25. The topological polar surface area (TPSA) is 117 Å². The molecule has 0 aliphatic carbocycles. The SMILES string of the molecule is Cc1noc(C)c1S(=O)(=O)N1CCN(C(=O)c2cccc(OCc3ccccc3C#N)c2)CC1. The molecule has 0 atom stereocenters. The molecule has 0 bridgehead atoms. The third-order valence-corrected chi connectivity index (χ3v) is 7.85. The van der Waals surface area contributed by atoms with E-state index in [2.05, 4.69) is 11.2 Å². The molecule has 2 aromatic carbocycles. The Labute approximate surface area is 198 Å². The van der Waals surface area contributed by atoms with Crippen molar-refractivity contribution in [1.82, 2.24) is 14.4 Å². The zero-order valence-corrected chi connectivity index (χ0v) is 19.7. The van der Waals surface area contributed by atoms with Gasteiger partial charge in [0.05, 0.1) is 11.6 Å². The molecular formula is C24H24N4O5S. The molecule has 1 aliphatic heterocycles. The maximum absolute atomic E-state index is 13.1. The van der Waals surface area contributed by atoms with Crippen molar-refractivity contribution in [2.45, 2.75) is 25.3 Å². The highest BCUT2D eigenvalue weighted by Gasteiger charge is 2.34. The number of hydrogen-bond acceptors (Lipinski definition) is 7. The van der Waals surface area contributed by atoms with E-state index < -0.39 is 10.0 Å². The van der Waals surface area contributed by atoms with Gasteiger partial charge in [0, 0.05) is 37.3 Å². The number of sulfonamides is 1. The molecule has 1 aromatic heterocycles. The molecule has 1 aliphatic rings. The molecule has 1 saturated heterocycles. The Morgan fingerprint density at radius 2 is 1.85 bits per heavy atom. The Morgan fingerprint density at radius 1 is 1.12 bits per heavy atom. The monoisotopic (exact) mass is 480 g/mol. The number of benzene rings is 2. The van der Waals surface area contributed by atoms with Gasteiger partial charge in [-0.3, -0.25) is 4.79 Å². The van der Waals surface area contributed by atoms with Crippen molar-refractivity contribution in [3.63, 3.8) is 0 Å². The fourth-order valence-electron chi connectivity index (χ4n) is 3.92. The Balaban J connectivity index is 1.40. The summed E-state index contributed by atoms with van der Waals surface area (Å²) >= 11 is 0. The number of piperazine rings is 1. The maximum atomic E-state index is 13.1. The zero-order valence-electron chi connectivity index (χ0n) is 18.9. The van der Waals surface area contributed by atoms with Crippen LogP contribution < -0.4 is 4.74 Å². The molecule has 10 heteroatoms. The molecule has 3 aromatic rings. The molecule has 176 valence electrons.